The fourth-order valence-electron chi connectivity index (χ4n) is 1.04. The Hall–Kier alpha value is -0.807. The standard InChI is InChI=1S/C7H9N3O3.CH3.ClH.Zn/c1-4-6(10(11)12)5(2)9-7(8-4)13-3;;;/h1-3H3;1H3;1H;/q;-1;;+2/p-1. The molecule has 0 aliphatic heterocycles. The predicted molar refractivity (Wildman–Crippen MR) is 51.1 cm³/mol. The number of halogens is 1. The van der Waals surface area contributed by atoms with Crippen LogP contribution in [0.25, 0.3) is 0 Å². The van der Waals surface area contributed by atoms with Crippen LogP contribution in [0, 0.1) is 31.4 Å². The van der Waals surface area contributed by atoms with Crippen LogP contribution in [-0.4, -0.2) is 22.0 Å². The Morgan fingerprint density at radius 1 is 1.25 bits per heavy atom. The molecule has 0 amide bonds. The van der Waals surface area contributed by atoms with E-state index in [1.807, 2.05) is 0 Å². The Balaban J connectivity index is -0.000000563. The van der Waals surface area contributed by atoms with Gasteiger partial charge < -0.3 is 24.6 Å². The van der Waals surface area contributed by atoms with Crippen LogP contribution in [0.5, 0.6) is 6.01 Å². The maximum absolute atomic E-state index is 10.5. The molecule has 0 aromatic carbocycles. The maximum atomic E-state index is 10.5. The summed E-state index contributed by atoms with van der Waals surface area (Å²) in [5.74, 6) is 0. The summed E-state index contributed by atoms with van der Waals surface area (Å²) >= 11 is 0. The fourth-order valence-corrected chi connectivity index (χ4v) is 1.04. The van der Waals surface area contributed by atoms with Gasteiger partial charge in [-0.1, -0.05) is 0 Å². The first-order valence-corrected chi connectivity index (χ1v) is 3.60. The molecule has 1 aromatic rings. The molecule has 16 heavy (non-hydrogen) atoms. The molecule has 0 fully saturated rings. The van der Waals surface area contributed by atoms with E-state index in [4.69, 9.17) is 4.74 Å². The number of methoxy groups -OCH3 is 1. The number of rotatable bonds is 2. The molecule has 1 heterocycles. The van der Waals surface area contributed by atoms with Crippen LogP contribution < -0.4 is 17.1 Å². The van der Waals surface area contributed by atoms with Crippen molar-refractivity contribution in [3.05, 3.63) is 28.9 Å². The number of aryl methyl sites for hydroxylation is 2. The van der Waals surface area contributed by atoms with Gasteiger partial charge in [0.25, 0.3) is 0 Å². The van der Waals surface area contributed by atoms with Gasteiger partial charge in [-0.25, -0.2) is 0 Å². The summed E-state index contributed by atoms with van der Waals surface area (Å²) in [6.07, 6.45) is 0. The van der Waals surface area contributed by atoms with E-state index in [1.54, 1.807) is 13.8 Å². The van der Waals surface area contributed by atoms with Crippen LogP contribution >= 0.6 is 0 Å². The quantitative estimate of drug-likeness (QED) is 0.286. The fraction of sp³-hybridized carbons (Fsp3) is 0.375. The van der Waals surface area contributed by atoms with E-state index >= 15 is 0 Å². The van der Waals surface area contributed by atoms with Gasteiger partial charge in [-0.05, 0) is 13.8 Å². The van der Waals surface area contributed by atoms with Gasteiger partial charge in [-0.3, -0.25) is 10.1 Å². The summed E-state index contributed by atoms with van der Waals surface area (Å²) in [5.41, 5.74) is 0.574. The molecule has 0 radical (unpaired) electrons. The molecule has 0 atom stereocenters. The van der Waals surface area contributed by atoms with Crippen molar-refractivity contribution < 1.29 is 41.5 Å². The zero-order valence-corrected chi connectivity index (χ0v) is 13.4. The predicted octanol–water partition coefficient (Wildman–Crippen LogP) is -1.54. The number of hydrogen-bond donors (Lipinski definition) is 0. The normalized spacial score (nSPS) is 7.94. The molecule has 0 N–H and O–H groups in total. The molecule has 1 aromatic heterocycles. The molecule has 0 saturated heterocycles. The molecule has 0 spiro atoms. The van der Waals surface area contributed by atoms with Crippen molar-refractivity contribution >= 4 is 5.69 Å². The summed E-state index contributed by atoms with van der Waals surface area (Å²) in [6.45, 7) is 3.10. The summed E-state index contributed by atoms with van der Waals surface area (Å²) in [4.78, 5) is 17.6. The number of hydrogen-bond acceptors (Lipinski definition) is 5. The first-order valence-electron chi connectivity index (χ1n) is 3.60. The summed E-state index contributed by atoms with van der Waals surface area (Å²) in [5, 5.41) is 10.5. The summed E-state index contributed by atoms with van der Waals surface area (Å²) in [6, 6.07) is 0.153. The third kappa shape index (κ3) is 4.37. The van der Waals surface area contributed by atoms with E-state index in [2.05, 4.69) is 9.97 Å². The summed E-state index contributed by atoms with van der Waals surface area (Å²) < 4.78 is 4.77. The molecule has 0 aliphatic rings. The molecular formula is C8H12ClN3O3Zn. The van der Waals surface area contributed by atoms with Crippen molar-refractivity contribution in [3.63, 3.8) is 0 Å². The molecule has 0 bridgehead atoms. The Bertz CT molecular complexity index is 339. The van der Waals surface area contributed by atoms with Gasteiger partial charge in [0.15, 0.2) is 0 Å². The van der Waals surface area contributed by atoms with Crippen molar-refractivity contribution in [1.29, 1.82) is 0 Å². The van der Waals surface area contributed by atoms with Crippen molar-refractivity contribution in [1.82, 2.24) is 9.97 Å². The first kappa shape index (κ1) is 20.6. The average Bonchev–Trinajstić information content (AvgIpc) is 2.02. The van der Waals surface area contributed by atoms with Crippen molar-refractivity contribution in [3.8, 4) is 6.01 Å². The molecule has 86 valence electrons. The number of nitrogens with zero attached hydrogens (tertiary/aromatic N) is 3. The molecular weight excluding hydrogens is 287 g/mol. The molecule has 0 unspecified atom stereocenters. The van der Waals surface area contributed by atoms with Crippen molar-refractivity contribution in [2.75, 3.05) is 7.11 Å². The van der Waals surface area contributed by atoms with Gasteiger partial charge in [0, 0.05) is 0 Å². The number of aromatic nitrogens is 2. The van der Waals surface area contributed by atoms with Gasteiger partial charge in [-0.15, -0.1) is 0 Å². The number of ether oxygens (including phenoxy) is 1. The number of nitro groups is 1. The molecule has 0 aliphatic carbocycles. The third-order valence-electron chi connectivity index (χ3n) is 1.58. The SMILES string of the molecule is COc1nc(C)c([N+](=O)[O-])c(C)n1.[CH3-].[Cl-].[Zn+2]. The molecule has 8 heteroatoms. The van der Waals surface area contributed by atoms with E-state index in [-0.39, 0.29) is 51.0 Å². The molecule has 0 saturated carbocycles. The maximum Gasteiger partial charge on any atom is 2.00 e. The van der Waals surface area contributed by atoms with Crippen molar-refractivity contribution in [2.24, 2.45) is 0 Å². The monoisotopic (exact) mass is 297 g/mol. The Kier molecular flexibility index (Phi) is 10.8. The first-order chi connectivity index (χ1) is 6.06. The molecule has 6 nitrogen and oxygen atoms in total. The van der Waals surface area contributed by atoms with Crippen LogP contribution in [0.4, 0.5) is 5.69 Å². The van der Waals surface area contributed by atoms with Gasteiger partial charge >= 0.3 is 31.2 Å². The van der Waals surface area contributed by atoms with Gasteiger partial charge in [0.1, 0.15) is 11.4 Å². The van der Waals surface area contributed by atoms with Crippen LogP contribution in [0.1, 0.15) is 11.4 Å². The largest absolute Gasteiger partial charge is 2.00 e. The average molecular weight is 299 g/mol. The van der Waals surface area contributed by atoms with Crippen LogP contribution in [0.3, 0.4) is 0 Å². The van der Waals surface area contributed by atoms with Gasteiger partial charge in [-0.2, -0.15) is 9.97 Å². The second-order valence-corrected chi connectivity index (χ2v) is 2.49. The zero-order chi connectivity index (χ0) is 10.0. The van der Waals surface area contributed by atoms with Crippen LogP contribution in [0.2, 0.25) is 0 Å². The smallest absolute Gasteiger partial charge is 1.00 e. The second-order valence-electron chi connectivity index (χ2n) is 2.49. The Morgan fingerprint density at radius 2 is 1.62 bits per heavy atom. The molecule has 1 rings (SSSR count). The van der Waals surface area contributed by atoms with E-state index in [1.165, 1.54) is 7.11 Å². The van der Waals surface area contributed by atoms with Crippen LogP contribution in [-0.2, 0) is 19.5 Å². The van der Waals surface area contributed by atoms with Crippen molar-refractivity contribution in [2.45, 2.75) is 13.8 Å². The minimum Gasteiger partial charge on any atom is -1.00 e. The van der Waals surface area contributed by atoms with Gasteiger partial charge in [0.2, 0.25) is 0 Å². The second kappa shape index (κ2) is 8.36. The van der Waals surface area contributed by atoms with Crippen LogP contribution in [0.15, 0.2) is 0 Å². The zero-order valence-electron chi connectivity index (χ0n) is 9.65. The Labute approximate surface area is 113 Å². The summed E-state index contributed by atoms with van der Waals surface area (Å²) in [7, 11) is 1.42. The van der Waals surface area contributed by atoms with E-state index in [9.17, 15) is 10.1 Å². The van der Waals surface area contributed by atoms with Gasteiger partial charge in [0.05, 0.1) is 12.0 Å². The van der Waals surface area contributed by atoms with E-state index in [0.29, 0.717) is 11.4 Å². The Morgan fingerprint density at radius 3 is 1.88 bits per heavy atom. The van der Waals surface area contributed by atoms with E-state index in [0.717, 1.165) is 0 Å². The topological polar surface area (TPSA) is 78.2 Å². The third-order valence-corrected chi connectivity index (χ3v) is 1.58. The minimum atomic E-state index is -0.496. The van der Waals surface area contributed by atoms with E-state index < -0.39 is 4.92 Å². The minimum absolute atomic E-state index is 0.